The molecule has 0 fully saturated rings. The van der Waals surface area contributed by atoms with Gasteiger partial charge < -0.3 is 20.2 Å². The first-order chi connectivity index (χ1) is 17.8. The molecule has 0 aliphatic rings. The molecule has 0 saturated heterocycles. The van der Waals surface area contributed by atoms with Gasteiger partial charge in [0.15, 0.2) is 11.5 Å². The number of carbonyl (C=O) groups excluding carboxylic acids is 1. The third kappa shape index (κ3) is 4.68. The number of nitrogens with zero attached hydrogens (tertiary/aromatic N) is 3. The second kappa shape index (κ2) is 9.51. The van der Waals surface area contributed by atoms with E-state index in [9.17, 15) is 18.0 Å². The van der Waals surface area contributed by atoms with Gasteiger partial charge in [0, 0.05) is 16.3 Å². The summed E-state index contributed by atoms with van der Waals surface area (Å²) in [5.74, 6) is -0.233. The number of pyridine rings is 2. The molecule has 8 nitrogen and oxygen atoms in total. The number of hydrogen-bond acceptors (Lipinski definition) is 7. The van der Waals surface area contributed by atoms with E-state index in [1.807, 2.05) is 36.4 Å². The van der Waals surface area contributed by atoms with Crippen molar-refractivity contribution in [2.45, 2.75) is 19.3 Å². The van der Waals surface area contributed by atoms with Crippen LogP contribution in [0.1, 0.15) is 27.6 Å². The quantitative estimate of drug-likeness (QED) is 0.337. The lowest BCUT2D eigenvalue weighted by Gasteiger charge is -2.11. The molecular formula is C26H20F3N5O3. The first-order valence-corrected chi connectivity index (χ1v) is 11.2. The molecule has 0 bridgehead atoms. The number of alkyl halides is 3. The molecule has 0 aliphatic carbocycles. The van der Waals surface area contributed by atoms with Crippen LogP contribution in [-0.4, -0.2) is 28.0 Å². The third-order valence-corrected chi connectivity index (χ3v) is 5.74. The van der Waals surface area contributed by atoms with Crippen molar-refractivity contribution < 1.29 is 27.1 Å². The van der Waals surface area contributed by atoms with Crippen LogP contribution in [0.4, 0.5) is 13.2 Å². The molecule has 0 radical (unpaired) electrons. The highest BCUT2D eigenvalue weighted by Crippen LogP contribution is 2.36. The number of nitrogens with two attached hydrogens (primary N) is 1. The zero-order chi connectivity index (χ0) is 26.2. The predicted octanol–water partition coefficient (Wildman–Crippen LogP) is 4.85. The van der Waals surface area contributed by atoms with Crippen molar-refractivity contribution in [2.75, 3.05) is 7.11 Å². The maximum atomic E-state index is 13.2. The Bertz CT molecular complexity index is 1630. The van der Waals surface area contributed by atoms with Crippen molar-refractivity contribution in [2.24, 2.45) is 5.73 Å². The monoisotopic (exact) mass is 507 g/mol. The lowest BCUT2D eigenvalue weighted by atomic mass is 10.1. The van der Waals surface area contributed by atoms with E-state index in [2.05, 4.69) is 20.3 Å². The number of ether oxygens (including phenoxy) is 1. The van der Waals surface area contributed by atoms with Crippen LogP contribution in [0.15, 0.2) is 65.1 Å². The van der Waals surface area contributed by atoms with E-state index in [1.165, 1.54) is 19.2 Å². The molecule has 188 valence electrons. The molecule has 1 amide bonds. The Balaban J connectivity index is 1.46. The normalized spacial score (nSPS) is 11.7. The molecular weight excluding hydrogens is 487 g/mol. The van der Waals surface area contributed by atoms with Crippen LogP contribution in [-0.2, 0) is 19.3 Å². The maximum absolute atomic E-state index is 13.2. The van der Waals surface area contributed by atoms with Gasteiger partial charge in [0.25, 0.3) is 5.91 Å². The average Bonchev–Trinajstić information content (AvgIpc) is 3.34. The number of rotatable bonds is 6. The highest BCUT2D eigenvalue weighted by Gasteiger charge is 2.33. The smallest absolute Gasteiger partial charge is 0.433 e. The molecule has 37 heavy (non-hydrogen) atoms. The summed E-state index contributed by atoms with van der Waals surface area (Å²) in [5.41, 5.74) is 6.47. The molecule has 11 heteroatoms. The topological polar surface area (TPSA) is 116 Å². The molecule has 5 aromatic rings. The fourth-order valence-corrected chi connectivity index (χ4v) is 3.95. The Morgan fingerprint density at radius 3 is 2.59 bits per heavy atom. The van der Waals surface area contributed by atoms with E-state index in [1.54, 1.807) is 6.07 Å². The van der Waals surface area contributed by atoms with Crippen LogP contribution in [0.5, 0.6) is 5.75 Å². The van der Waals surface area contributed by atoms with E-state index in [4.69, 9.17) is 14.9 Å². The molecule has 3 N–H and O–H groups in total. The number of fused-ring (bicyclic) bond motifs is 2. The number of benzene rings is 2. The summed E-state index contributed by atoms with van der Waals surface area (Å²) >= 11 is 0. The van der Waals surface area contributed by atoms with Crippen molar-refractivity contribution in [3.8, 4) is 17.2 Å². The van der Waals surface area contributed by atoms with Gasteiger partial charge in [-0.15, -0.1) is 0 Å². The Morgan fingerprint density at radius 1 is 1.03 bits per heavy atom. The molecule has 3 heterocycles. The lowest BCUT2D eigenvalue weighted by Crippen LogP contribution is -2.25. The number of para-hydroxylation sites is 1. The third-order valence-electron chi connectivity index (χ3n) is 5.74. The number of carbonyl (C=O) groups is 1. The number of aromatic nitrogens is 3. The van der Waals surface area contributed by atoms with Gasteiger partial charge in [0.05, 0.1) is 31.4 Å². The number of halogens is 3. The minimum Gasteiger partial charge on any atom is -0.494 e. The van der Waals surface area contributed by atoms with Crippen LogP contribution in [0.2, 0.25) is 0 Å². The molecule has 3 aromatic heterocycles. The highest BCUT2D eigenvalue weighted by molar-refractivity contribution is 5.98. The van der Waals surface area contributed by atoms with Gasteiger partial charge in [-0.05, 0) is 36.4 Å². The van der Waals surface area contributed by atoms with E-state index in [-0.39, 0.29) is 41.7 Å². The fraction of sp³-hybridized carbons (Fsp3) is 0.154. The molecule has 0 aliphatic heterocycles. The number of nitrogens with one attached hydrogen (secondary N) is 1. The van der Waals surface area contributed by atoms with Gasteiger partial charge >= 0.3 is 6.18 Å². The summed E-state index contributed by atoms with van der Waals surface area (Å²) in [6, 6.07) is 16.5. The van der Waals surface area contributed by atoms with Gasteiger partial charge in [0.2, 0.25) is 5.89 Å². The molecule has 5 rings (SSSR count). The minimum absolute atomic E-state index is 0.0173. The van der Waals surface area contributed by atoms with E-state index >= 15 is 0 Å². The predicted molar refractivity (Wildman–Crippen MR) is 130 cm³/mol. The number of methoxy groups -OCH3 is 1. The van der Waals surface area contributed by atoms with Crippen molar-refractivity contribution in [3.63, 3.8) is 0 Å². The summed E-state index contributed by atoms with van der Waals surface area (Å²) in [6.45, 7) is 0.0278. The van der Waals surface area contributed by atoms with Gasteiger partial charge in [0.1, 0.15) is 17.0 Å². The van der Waals surface area contributed by atoms with Crippen molar-refractivity contribution >= 4 is 27.7 Å². The van der Waals surface area contributed by atoms with Crippen molar-refractivity contribution in [1.29, 1.82) is 0 Å². The number of oxazole rings is 1. The van der Waals surface area contributed by atoms with Crippen molar-refractivity contribution in [3.05, 3.63) is 83.5 Å². The molecule has 2 aromatic carbocycles. The van der Waals surface area contributed by atoms with Crippen LogP contribution in [0.3, 0.4) is 0 Å². The maximum Gasteiger partial charge on any atom is 0.433 e. The van der Waals surface area contributed by atoms with Gasteiger partial charge in [-0.1, -0.05) is 24.3 Å². The number of hydrogen-bond donors (Lipinski definition) is 2. The van der Waals surface area contributed by atoms with Crippen LogP contribution < -0.4 is 15.8 Å². The summed E-state index contributed by atoms with van der Waals surface area (Å²) in [5, 5.41) is 4.05. The van der Waals surface area contributed by atoms with E-state index in [0.717, 1.165) is 17.0 Å². The first-order valence-electron chi connectivity index (χ1n) is 11.2. The van der Waals surface area contributed by atoms with Gasteiger partial charge in [-0.3, -0.25) is 9.78 Å². The Kier molecular flexibility index (Phi) is 6.22. The summed E-state index contributed by atoms with van der Waals surface area (Å²) in [6.07, 6.45) is -4.63. The van der Waals surface area contributed by atoms with Crippen LogP contribution in [0.25, 0.3) is 33.3 Å². The van der Waals surface area contributed by atoms with Gasteiger partial charge in [-0.25, -0.2) is 9.97 Å². The summed E-state index contributed by atoms with van der Waals surface area (Å²) < 4.78 is 50.7. The van der Waals surface area contributed by atoms with E-state index in [0.29, 0.717) is 16.6 Å². The largest absolute Gasteiger partial charge is 0.494 e. The van der Waals surface area contributed by atoms with E-state index < -0.39 is 17.8 Å². The standard InChI is InChI=1S/C26H20F3N5O3/c1-36-19-10-8-17(16-9-11-21(26(27,28)29)33-22(16)19)25-34-23(20(12-30)37-25)24(35)31-13-15-7-6-14-4-2-3-5-18(14)32-15/h2-11H,12-13,30H2,1H3,(H,31,35). The second-order valence-corrected chi connectivity index (χ2v) is 8.08. The average molecular weight is 507 g/mol. The zero-order valence-corrected chi connectivity index (χ0v) is 19.5. The zero-order valence-electron chi connectivity index (χ0n) is 19.5. The highest BCUT2D eigenvalue weighted by atomic mass is 19.4. The van der Waals surface area contributed by atoms with Gasteiger partial charge in [-0.2, -0.15) is 13.2 Å². The molecule has 0 unspecified atom stereocenters. The summed E-state index contributed by atoms with van der Waals surface area (Å²) in [4.78, 5) is 25.5. The van der Waals surface area contributed by atoms with Crippen molar-refractivity contribution in [1.82, 2.24) is 20.3 Å². The molecule has 0 atom stereocenters. The number of amides is 1. The van der Waals surface area contributed by atoms with Crippen LogP contribution in [0, 0.1) is 0 Å². The molecule has 0 saturated carbocycles. The first kappa shape index (κ1) is 24.2. The summed E-state index contributed by atoms with van der Waals surface area (Å²) in [7, 11) is 1.33. The SMILES string of the molecule is COc1ccc(-c2nc(C(=O)NCc3ccc4ccccc4n3)c(CN)o2)c2ccc(C(F)(F)F)nc12. The van der Waals surface area contributed by atoms with Crippen LogP contribution >= 0.6 is 0 Å². The second-order valence-electron chi connectivity index (χ2n) is 8.08. The Hall–Kier alpha value is -4.51. The minimum atomic E-state index is -4.63. The fourth-order valence-electron chi connectivity index (χ4n) is 3.95. The molecule has 0 spiro atoms. The Morgan fingerprint density at radius 2 is 1.84 bits per heavy atom. The lowest BCUT2D eigenvalue weighted by molar-refractivity contribution is -0.140. The Labute approximate surface area is 208 Å².